The maximum Gasteiger partial charge on any atom is 0.273 e. The smallest absolute Gasteiger partial charge is 0.273 e. The zero-order valence-corrected chi connectivity index (χ0v) is 14.0. The van der Waals surface area contributed by atoms with E-state index in [2.05, 4.69) is 20.5 Å². The first-order chi connectivity index (χ1) is 12.7. The second-order valence-electron chi connectivity index (χ2n) is 5.86. The molecule has 0 atom stereocenters. The van der Waals surface area contributed by atoms with E-state index in [9.17, 15) is 4.79 Å². The molecule has 0 bridgehead atoms. The van der Waals surface area contributed by atoms with Crippen molar-refractivity contribution in [3.8, 4) is 22.4 Å². The zero-order chi connectivity index (χ0) is 17.7. The van der Waals surface area contributed by atoms with Crippen molar-refractivity contribution in [2.75, 3.05) is 0 Å². The number of nitrogens with zero attached hydrogens (tertiary/aromatic N) is 4. The number of fused-ring (bicyclic) bond motifs is 2. The van der Waals surface area contributed by atoms with Gasteiger partial charge in [-0.3, -0.25) is 9.89 Å². The summed E-state index contributed by atoms with van der Waals surface area (Å²) < 4.78 is 1.42. The Hall–Kier alpha value is -3.45. The molecule has 0 aliphatic heterocycles. The van der Waals surface area contributed by atoms with E-state index >= 15 is 0 Å². The monoisotopic (exact) mass is 362 g/mol. The van der Waals surface area contributed by atoms with E-state index in [4.69, 9.17) is 16.6 Å². The van der Waals surface area contributed by atoms with Gasteiger partial charge in [-0.1, -0.05) is 29.8 Å². The van der Waals surface area contributed by atoms with Crippen molar-refractivity contribution in [3.05, 3.63) is 70.1 Å². The highest BCUT2D eigenvalue weighted by molar-refractivity contribution is 6.30. The molecule has 3 heterocycles. The summed E-state index contributed by atoms with van der Waals surface area (Å²) in [5.74, 6) is 0. The lowest BCUT2D eigenvalue weighted by atomic mass is 10.1. The Morgan fingerprint density at radius 2 is 1.69 bits per heavy atom. The molecule has 26 heavy (non-hydrogen) atoms. The Bertz CT molecular complexity index is 1320. The number of H-pyrrole nitrogens is 2. The third-order valence-electron chi connectivity index (χ3n) is 4.26. The Morgan fingerprint density at radius 1 is 0.923 bits per heavy atom. The van der Waals surface area contributed by atoms with E-state index < -0.39 is 0 Å². The molecule has 126 valence electrons. The molecule has 2 N–H and O–H groups in total. The van der Waals surface area contributed by atoms with Gasteiger partial charge in [0.15, 0.2) is 5.65 Å². The third-order valence-corrected chi connectivity index (χ3v) is 4.52. The van der Waals surface area contributed by atoms with Crippen molar-refractivity contribution in [2.45, 2.75) is 0 Å². The van der Waals surface area contributed by atoms with Crippen LogP contribution in [0, 0.1) is 0 Å². The quantitative estimate of drug-likeness (QED) is 0.504. The predicted molar refractivity (Wildman–Crippen MR) is 99.1 cm³/mol. The Morgan fingerprint density at radius 3 is 2.54 bits per heavy atom. The number of aromatic amines is 2. The average molecular weight is 363 g/mol. The van der Waals surface area contributed by atoms with Crippen molar-refractivity contribution in [1.29, 1.82) is 0 Å². The topological polar surface area (TPSA) is 91.7 Å². The van der Waals surface area contributed by atoms with Gasteiger partial charge in [-0.2, -0.15) is 15.4 Å². The number of rotatable bonds is 2. The molecule has 0 fully saturated rings. The number of hydrogen-bond acceptors (Lipinski definition) is 4. The van der Waals surface area contributed by atoms with Crippen molar-refractivity contribution in [2.24, 2.45) is 0 Å². The van der Waals surface area contributed by atoms with E-state index in [-0.39, 0.29) is 5.56 Å². The fraction of sp³-hybridized carbons (Fsp3) is 0. The standard InChI is InChI=1S/C18H11ClN6O/c19-12-4-1-10(2-5-12)13-9-20-25-17(26)8-15(21-18(13)25)11-3-6-14-16(7-11)23-24-22-14/h1-9,20H,(H,22,23,24). The molecule has 0 saturated heterocycles. The normalized spacial score (nSPS) is 11.4. The van der Waals surface area contributed by atoms with Crippen molar-refractivity contribution in [3.63, 3.8) is 0 Å². The van der Waals surface area contributed by atoms with Crippen LogP contribution in [-0.2, 0) is 0 Å². The molecule has 0 saturated carbocycles. The number of aromatic nitrogens is 6. The van der Waals surface area contributed by atoms with Crippen LogP contribution in [0.4, 0.5) is 0 Å². The summed E-state index contributed by atoms with van der Waals surface area (Å²) in [5.41, 5.74) is 4.96. The van der Waals surface area contributed by atoms with E-state index in [1.807, 2.05) is 30.3 Å². The minimum Gasteiger partial charge on any atom is -0.296 e. The number of hydrogen-bond donors (Lipinski definition) is 2. The Labute approximate surface area is 151 Å². The van der Waals surface area contributed by atoms with Crippen LogP contribution in [0.25, 0.3) is 39.1 Å². The van der Waals surface area contributed by atoms with Crippen LogP contribution in [0.2, 0.25) is 5.02 Å². The first-order valence-corrected chi connectivity index (χ1v) is 8.25. The van der Waals surface area contributed by atoms with Crippen LogP contribution >= 0.6 is 11.6 Å². The van der Waals surface area contributed by atoms with Gasteiger partial charge in [0.1, 0.15) is 11.0 Å². The highest BCUT2D eigenvalue weighted by Gasteiger charge is 2.12. The first-order valence-electron chi connectivity index (χ1n) is 7.87. The summed E-state index contributed by atoms with van der Waals surface area (Å²) in [5, 5.41) is 14.3. The summed E-state index contributed by atoms with van der Waals surface area (Å²) in [6, 6.07) is 14.5. The fourth-order valence-electron chi connectivity index (χ4n) is 2.97. The second-order valence-corrected chi connectivity index (χ2v) is 6.30. The van der Waals surface area contributed by atoms with E-state index in [1.54, 1.807) is 18.3 Å². The van der Waals surface area contributed by atoms with Gasteiger partial charge >= 0.3 is 0 Å². The molecule has 0 spiro atoms. The highest BCUT2D eigenvalue weighted by atomic mass is 35.5. The van der Waals surface area contributed by atoms with Gasteiger partial charge in [0.25, 0.3) is 5.56 Å². The van der Waals surface area contributed by atoms with Gasteiger partial charge in [-0.25, -0.2) is 9.50 Å². The molecule has 5 rings (SSSR count). The predicted octanol–water partition coefficient (Wildman–Crippen LogP) is 3.28. The first kappa shape index (κ1) is 14.9. The minimum atomic E-state index is -0.189. The molecule has 0 aliphatic rings. The molecule has 8 heteroatoms. The SMILES string of the molecule is O=c1cc(-c2ccc3n[nH]nc3c2)nc2c(-c3ccc(Cl)cc3)c[nH]n12. The zero-order valence-electron chi connectivity index (χ0n) is 13.3. The van der Waals surface area contributed by atoms with E-state index in [0.717, 1.165) is 27.7 Å². The molecule has 2 aromatic carbocycles. The van der Waals surface area contributed by atoms with Crippen molar-refractivity contribution < 1.29 is 0 Å². The fourth-order valence-corrected chi connectivity index (χ4v) is 3.10. The molecule has 7 nitrogen and oxygen atoms in total. The van der Waals surface area contributed by atoms with Crippen LogP contribution in [0.5, 0.6) is 0 Å². The summed E-state index contributed by atoms with van der Waals surface area (Å²) in [4.78, 5) is 17.2. The maximum absolute atomic E-state index is 12.5. The summed E-state index contributed by atoms with van der Waals surface area (Å²) in [6.07, 6.45) is 1.76. The van der Waals surface area contributed by atoms with Gasteiger partial charge < -0.3 is 0 Å². The lowest BCUT2D eigenvalue weighted by Gasteiger charge is -2.03. The highest BCUT2D eigenvalue weighted by Crippen LogP contribution is 2.26. The Balaban J connectivity index is 1.73. The lowest BCUT2D eigenvalue weighted by Crippen LogP contribution is -2.14. The van der Waals surface area contributed by atoms with Crippen molar-refractivity contribution in [1.82, 2.24) is 30.0 Å². The van der Waals surface area contributed by atoms with Crippen LogP contribution in [0.1, 0.15) is 0 Å². The third kappa shape index (κ3) is 2.29. The van der Waals surface area contributed by atoms with Crippen LogP contribution in [0.3, 0.4) is 0 Å². The molecular formula is C18H11ClN6O. The van der Waals surface area contributed by atoms with Crippen LogP contribution < -0.4 is 5.56 Å². The molecular weight excluding hydrogens is 352 g/mol. The Kier molecular flexibility index (Phi) is 3.16. The van der Waals surface area contributed by atoms with Gasteiger partial charge in [-0.15, -0.1) is 0 Å². The van der Waals surface area contributed by atoms with Gasteiger partial charge in [-0.05, 0) is 29.8 Å². The molecule has 0 unspecified atom stereocenters. The summed E-state index contributed by atoms with van der Waals surface area (Å²) in [6.45, 7) is 0. The van der Waals surface area contributed by atoms with Gasteiger partial charge in [0, 0.05) is 28.4 Å². The molecule has 0 amide bonds. The summed E-state index contributed by atoms with van der Waals surface area (Å²) in [7, 11) is 0. The molecule has 3 aromatic heterocycles. The maximum atomic E-state index is 12.5. The molecule has 0 radical (unpaired) electrons. The number of halogens is 1. The van der Waals surface area contributed by atoms with Gasteiger partial charge in [0.05, 0.1) is 5.69 Å². The summed E-state index contributed by atoms with van der Waals surface area (Å²) >= 11 is 5.97. The average Bonchev–Trinajstić information content (AvgIpc) is 3.28. The van der Waals surface area contributed by atoms with E-state index in [0.29, 0.717) is 16.4 Å². The number of benzene rings is 2. The molecule has 5 aromatic rings. The van der Waals surface area contributed by atoms with E-state index in [1.165, 1.54) is 10.6 Å². The second kappa shape index (κ2) is 5.53. The lowest BCUT2D eigenvalue weighted by molar-refractivity contribution is 0.901. The van der Waals surface area contributed by atoms with Crippen molar-refractivity contribution >= 4 is 28.3 Å². The number of nitrogens with one attached hydrogen (secondary N) is 2. The largest absolute Gasteiger partial charge is 0.296 e. The minimum absolute atomic E-state index is 0.189. The van der Waals surface area contributed by atoms with Gasteiger partial charge in [0.2, 0.25) is 0 Å². The van der Waals surface area contributed by atoms with Crippen LogP contribution in [-0.4, -0.2) is 30.0 Å². The molecule has 0 aliphatic carbocycles. The van der Waals surface area contributed by atoms with Crippen LogP contribution in [0.15, 0.2) is 59.5 Å².